The van der Waals surface area contributed by atoms with Gasteiger partial charge in [0.2, 0.25) is 0 Å². The normalized spacial score (nSPS) is 25.6. The van der Waals surface area contributed by atoms with Crippen molar-refractivity contribution in [3.63, 3.8) is 0 Å². The van der Waals surface area contributed by atoms with Crippen molar-refractivity contribution in [3.8, 4) is 0 Å². The van der Waals surface area contributed by atoms with Crippen LogP contribution in [0.5, 0.6) is 0 Å². The molecule has 1 heterocycles. The van der Waals surface area contributed by atoms with Crippen molar-refractivity contribution in [1.82, 2.24) is 4.90 Å². The molecule has 0 bridgehead atoms. The Hall–Kier alpha value is -0.370. The highest BCUT2D eigenvalue weighted by Crippen LogP contribution is 2.27. The molecule has 0 spiro atoms. The van der Waals surface area contributed by atoms with E-state index in [1.165, 1.54) is 44.9 Å². The van der Waals surface area contributed by atoms with E-state index in [4.69, 9.17) is 0 Å². The summed E-state index contributed by atoms with van der Waals surface area (Å²) in [7, 11) is 2.21. The van der Waals surface area contributed by atoms with Crippen LogP contribution < -0.4 is 0 Å². The van der Waals surface area contributed by atoms with Gasteiger partial charge in [0.1, 0.15) is 5.78 Å². The van der Waals surface area contributed by atoms with Gasteiger partial charge < -0.3 is 4.90 Å². The minimum Gasteiger partial charge on any atom is -0.303 e. The number of nitrogens with zero attached hydrogens (tertiary/aromatic N) is 1. The molecule has 0 aliphatic carbocycles. The smallest absolute Gasteiger partial charge is 0.140 e. The van der Waals surface area contributed by atoms with Crippen LogP contribution in [0.3, 0.4) is 0 Å². The SMILES string of the molecule is CCCCCC(C)C(=O)C1CCC(CCCC)N(C)C1. The Labute approximate surface area is 126 Å². The van der Waals surface area contributed by atoms with Crippen LogP contribution in [0.4, 0.5) is 0 Å². The van der Waals surface area contributed by atoms with E-state index in [1.54, 1.807) is 0 Å². The molecule has 0 aromatic carbocycles. The fraction of sp³-hybridized carbons (Fsp3) is 0.944. The fourth-order valence-electron chi connectivity index (χ4n) is 3.48. The molecule has 1 rings (SSSR count). The number of Topliss-reactive ketones (excluding diaryl/α,β-unsaturated/α-hetero) is 1. The number of rotatable bonds is 9. The lowest BCUT2D eigenvalue weighted by molar-refractivity contribution is -0.128. The summed E-state index contributed by atoms with van der Waals surface area (Å²) < 4.78 is 0. The first kappa shape index (κ1) is 17.7. The molecule has 1 fully saturated rings. The van der Waals surface area contributed by atoms with Crippen LogP contribution in [0.15, 0.2) is 0 Å². The summed E-state index contributed by atoms with van der Waals surface area (Å²) in [6.45, 7) is 7.61. The number of piperidine rings is 1. The average Bonchev–Trinajstić information content (AvgIpc) is 2.45. The number of likely N-dealkylation sites (tertiary alicyclic amines) is 1. The van der Waals surface area contributed by atoms with E-state index in [1.807, 2.05) is 0 Å². The number of hydrogen-bond acceptors (Lipinski definition) is 2. The largest absolute Gasteiger partial charge is 0.303 e. The van der Waals surface area contributed by atoms with Crippen molar-refractivity contribution in [2.75, 3.05) is 13.6 Å². The molecule has 1 aliphatic rings. The van der Waals surface area contributed by atoms with Gasteiger partial charge in [-0.3, -0.25) is 4.79 Å². The van der Waals surface area contributed by atoms with Gasteiger partial charge in [0.25, 0.3) is 0 Å². The first-order valence-electron chi connectivity index (χ1n) is 8.84. The van der Waals surface area contributed by atoms with E-state index in [0.29, 0.717) is 11.7 Å². The fourth-order valence-corrected chi connectivity index (χ4v) is 3.48. The highest BCUT2D eigenvalue weighted by Gasteiger charge is 2.31. The molecule has 2 heteroatoms. The molecule has 0 N–H and O–H groups in total. The van der Waals surface area contributed by atoms with Crippen LogP contribution in [0.1, 0.15) is 78.6 Å². The highest BCUT2D eigenvalue weighted by molar-refractivity contribution is 5.83. The molecular weight excluding hydrogens is 246 g/mol. The Bertz CT molecular complexity index is 277. The molecule has 1 saturated heterocycles. The third-order valence-corrected chi connectivity index (χ3v) is 5.00. The molecule has 0 aromatic heterocycles. The monoisotopic (exact) mass is 281 g/mol. The lowest BCUT2D eigenvalue weighted by atomic mass is 9.82. The summed E-state index contributed by atoms with van der Waals surface area (Å²) >= 11 is 0. The molecule has 1 aliphatic heterocycles. The number of hydrogen-bond donors (Lipinski definition) is 0. The summed E-state index contributed by atoms with van der Waals surface area (Å²) in [6.07, 6.45) is 11.1. The van der Waals surface area contributed by atoms with Gasteiger partial charge in [0, 0.05) is 24.4 Å². The minimum absolute atomic E-state index is 0.271. The zero-order valence-electron chi connectivity index (χ0n) is 14.2. The van der Waals surface area contributed by atoms with Crippen molar-refractivity contribution in [2.24, 2.45) is 11.8 Å². The maximum absolute atomic E-state index is 12.5. The molecule has 0 saturated carbocycles. The Morgan fingerprint density at radius 1 is 1.15 bits per heavy atom. The summed E-state index contributed by atoms with van der Waals surface area (Å²) in [5, 5.41) is 0. The second-order valence-corrected chi connectivity index (χ2v) is 6.81. The highest BCUT2D eigenvalue weighted by atomic mass is 16.1. The number of ketones is 1. The van der Waals surface area contributed by atoms with E-state index in [2.05, 4.69) is 32.7 Å². The molecule has 20 heavy (non-hydrogen) atoms. The lowest BCUT2D eigenvalue weighted by Gasteiger charge is -2.37. The van der Waals surface area contributed by atoms with Gasteiger partial charge >= 0.3 is 0 Å². The predicted octanol–water partition coefficient (Wildman–Crippen LogP) is 4.67. The standard InChI is InChI=1S/C18H35NO/c1-5-7-9-10-15(3)18(20)16-12-13-17(11-8-6-2)19(4)14-16/h15-17H,5-14H2,1-4H3. The maximum atomic E-state index is 12.5. The summed E-state index contributed by atoms with van der Waals surface area (Å²) in [5.74, 6) is 1.10. The third-order valence-electron chi connectivity index (χ3n) is 5.00. The van der Waals surface area contributed by atoms with Crippen LogP contribution in [-0.4, -0.2) is 30.3 Å². The zero-order chi connectivity index (χ0) is 15.0. The number of unbranched alkanes of at least 4 members (excludes halogenated alkanes) is 3. The van der Waals surface area contributed by atoms with Gasteiger partial charge in [-0.25, -0.2) is 0 Å². The lowest BCUT2D eigenvalue weighted by Crippen LogP contribution is -2.44. The van der Waals surface area contributed by atoms with Crippen molar-refractivity contribution in [1.29, 1.82) is 0 Å². The van der Waals surface area contributed by atoms with Gasteiger partial charge in [-0.05, 0) is 32.7 Å². The number of carbonyl (C=O) groups excluding carboxylic acids is 1. The molecule has 118 valence electrons. The molecule has 2 nitrogen and oxygen atoms in total. The average molecular weight is 281 g/mol. The van der Waals surface area contributed by atoms with Crippen LogP contribution in [0, 0.1) is 11.8 Å². The first-order chi connectivity index (χ1) is 9.60. The zero-order valence-corrected chi connectivity index (χ0v) is 14.2. The van der Waals surface area contributed by atoms with Crippen LogP contribution >= 0.6 is 0 Å². The van der Waals surface area contributed by atoms with E-state index in [-0.39, 0.29) is 5.92 Å². The Kier molecular flexibility index (Phi) is 8.44. The van der Waals surface area contributed by atoms with Crippen molar-refractivity contribution in [3.05, 3.63) is 0 Å². The third kappa shape index (κ3) is 5.55. The molecule has 3 atom stereocenters. The topological polar surface area (TPSA) is 20.3 Å². The minimum atomic E-state index is 0.271. The first-order valence-corrected chi connectivity index (χ1v) is 8.84. The van der Waals surface area contributed by atoms with Gasteiger partial charge in [0.05, 0.1) is 0 Å². The summed E-state index contributed by atoms with van der Waals surface area (Å²) in [4.78, 5) is 15.0. The second kappa shape index (κ2) is 9.55. The van der Waals surface area contributed by atoms with Crippen molar-refractivity contribution in [2.45, 2.75) is 84.6 Å². The molecule has 3 unspecified atom stereocenters. The Balaban J connectivity index is 2.36. The van der Waals surface area contributed by atoms with Crippen LogP contribution in [-0.2, 0) is 4.79 Å². The summed E-state index contributed by atoms with van der Waals surface area (Å²) in [5.41, 5.74) is 0. The van der Waals surface area contributed by atoms with E-state index < -0.39 is 0 Å². The van der Waals surface area contributed by atoms with Gasteiger partial charge in [0.15, 0.2) is 0 Å². The molecular formula is C18H35NO. The van der Waals surface area contributed by atoms with Crippen molar-refractivity contribution >= 4 is 5.78 Å². The predicted molar refractivity (Wildman–Crippen MR) is 87.0 cm³/mol. The van der Waals surface area contributed by atoms with E-state index >= 15 is 0 Å². The van der Waals surface area contributed by atoms with E-state index in [0.717, 1.165) is 25.4 Å². The molecule has 0 radical (unpaired) electrons. The second-order valence-electron chi connectivity index (χ2n) is 6.81. The maximum Gasteiger partial charge on any atom is 0.140 e. The molecule has 0 aromatic rings. The van der Waals surface area contributed by atoms with Crippen molar-refractivity contribution < 1.29 is 4.79 Å². The Morgan fingerprint density at radius 2 is 1.85 bits per heavy atom. The van der Waals surface area contributed by atoms with Crippen LogP contribution in [0.2, 0.25) is 0 Å². The quantitative estimate of drug-likeness (QED) is 0.572. The van der Waals surface area contributed by atoms with E-state index in [9.17, 15) is 4.79 Å². The van der Waals surface area contributed by atoms with Gasteiger partial charge in [-0.1, -0.05) is 52.9 Å². The number of carbonyl (C=O) groups is 1. The summed E-state index contributed by atoms with van der Waals surface area (Å²) in [6, 6.07) is 0.717. The molecule has 0 amide bonds. The van der Waals surface area contributed by atoms with Gasteiger partial charge in [-0.15, -0.1) is 0 Å². The van der Waals surface area contributed by atoms with Crippen LogP contribution in [0.25, 0.3) is 0 Å². The Morgan fingerprint density at radius 3 is 2.45 bits per heavy atom. The van der Waals surface area contributed by atoms with Gasteiger partial charge in [-0.2, -0.15) is 0 Å².